The maximum Gasteiger partial charge on any atom is 0.0731 e. The zero-order chi connectivity index (χ0) is 10.7. The van der Waals surface area contributed by atoms with Gasteiger partial charge < -0.3 is 0 Å². The molecule has 1 nitrogen and oxygen atoms in total. The fraction of sp³-hybridized carbons (Fsp3) is 0.500. The van der Waals surface area contributed by atoms with Crippen LogP contribution in [0, 0.1) is 5.92 Å². The third kappa shape index (κ3) is 2.95. The summed E-state index contributed by atoms with van der Waals surface area (Å²) in [5.74, 6) is 0.521. The first kappa shape index (κ1) is 11.4. The molecular formula is C12H19NS. The van der Waals surface area contributed by atoms with E-state index in [1.165, 1.54) is 11.1 Å². The Morgan fingerprint density at radius 1 is 1.29 bits per heavy atom. The van der Waals surface area contributed by atoms with Crippen molar-refractivity contribution in [2.24, 2.45) is 10.3 Å². The first-order valence-electron chi connectivity index (χ1n) is 4.88. The molecule has 0 aromatic rings. The minimum Gasteiger partial charge on any atom is -0.228 e. The molecule has 0 aromatic carbocycles. The Bertz CT molecular complexity index is 341. The summed E-state index contributed by atoms with van der Waals surface area (Å²) in [6, 6.07) is 0. The van der Waals surface area contributed by atoms with Crippen LogP contribution in [0.15, 0.2) is 39.4 Å². The lowest BCUT2D eigenvalue weighted by molar-refractivity contribution is 0.931. The molecule has 0 aliphatic heterocycles. The number of allylic oxidation sites excluding steroid dienone is 5. The Morgan fingerprint density at radius 3 is 2.50 bits per heavy atom. The number of hydrogen-bond donors (Lipinski definition) is 0. The fourth-order valence-corrected chi connectivity index (χ4v) is 2.03. The van der Waals surface area contributed by atoms with Crippen molar-refractivity contribution in [1.29, 1.82) is 0 Å². The van der Waals surface area contributed by atoms with Gasteiger partial charge in [-0.15, -0.1) is 10.7 Å². The highest BCUT2D eigenvalue weighted by Crippen LogP contribution is 2.22. The van der Waals surface area contributed by atoms with E-state index in [0.29, 0.717) is 5.92 Å². The van der Waals surface area contributed by atoms with E-state index in [9.17, 15) is 0 Å². The second kappa shape index (κ2) is 4.74. The van der Waals surface area contributed by atoms with Crippen LogP contribution >= 0.6 is 0 Å². The molecule has 0 saturated carbocycles. The van der Waals surface area contributed by atoms with Crippen molar-refractivity contribution in [3.05, 3.63) is 35.1 Å². The fourth-order valence-electron chi connectivity index (χ4n) is 1.44. The average Bonchev–Trinajstić information content (AvgIpc) is 2.18. The molecule has 1 atom stereocenters. The first-order chi connectivity index (χ1) is 6.50. The zero-order valence-electron chi connectivity index (χ0n) is 9.66. The second-order valence-corrected chi connectivity index (χ2v) is 5.67. The number of hydrogen-bond acceptors (Lipinski definition) is 1. The van der Waals surface area contributed by atoms with Crippen molar-refractivity contribution < 1.29 is 0 Å². The molecule has 1 rings (SSSR count). The number of nitrogens with zero attached hydrogens (tertiary/aromatic N) is 1. The molecular weight excluding hydrogens is 190 g/mol. The Balaban J connectivity index is 3.15. The van der Waals surface area contributed by atoms with Gasteiger partial charge in [0.25, 0.3) is 0 Å². The second-order valence-electron chi connectivity index (χ2n) is 3.94. The molecule has 1 aliphatic rings. The van der Waals surface area contributed by atoms with E-state index in [1.54, 1.807) is 0 Å². The van der Waals surface area contributed by atoms with Gasteiger partial charge in [-0.05, 0) is 49.5 Å². The molecule has 0 heterocycles. The topological polar surface area (TPSA) is 12.4 Å². The minimum absolute atomic E-state index is 0.121. The Labute approximate surface area is 89.7 Å². The lowest BCUT2D eigenvalue weighted by atomic mass is 10.1. The lowest BCUT2D eigenvalue weighted by Gasteiger charge is -2.03. The summed E-state index contributed by atoms with van der Waals surface area (Å²) in [6.07, 6.45) is 10.9. The number of rotatable bonds is 1. The monoisotopic (exact) mass is 209 g/mol. The third-order valence-electron chi connectivity index (χ3n) is 2.33. The quantitative estimate of drug-likeness (QED) is 0.627. The van der Waals surface area contributed by atoms with Gasteiger partial charge >= 0.3 is 0 Å². The summed E-state index contributed by atoms with van der Waals surface area (Å²) in [4.78, 5) is 0. The van der Waals surface area contributed by atoms with Crippen molar-refractivity contribution in [3.8, 4) is 0 Å². The van der Waals surface area contributed by atoms with Gasteiger partial charge in [0.15, 0.2) is 0 Å². The van der Waals surface area contributed by atoms with Crippen LogP contribution in [0.5, 0.6) is 0 Å². The van der Waals surface area contributed by atoms with E-state index >= 15 is 0 Å². The van der Waals surface area contributed by atoms with Gasteiger partial charge in [0.05, 0.1) is 5.70 Å². The van der Waals surface area contributed by atoms with Crippen LogP contribution in [0.25, 0.3) is 0 Å². The normalized spacial score (nSPS) is 22.4. The Kier molecular flexibility index (Phi) is 3.87. The van der Waals surface area contributed by atoms with E-state index in [2.05, 4.69) is 55.9 Å². The van der Waals surface area contributed by atoms with Gasteiger partial charge in [0, 0.05) is 0 Å². The summed E-state index contributed by atoms with van der Waals surface area (Å²) in [7, 11) is 0.121. The summed E-state index contributed by atoms with van der Waals surface area (Å²) in [5, 5.41) is 0. The van der Waals surface area contributed by atoms with E-state index in [4.69, 9.17) is 0 Å². The van der Waals surface area contributed by atoms with Crippen molar-refractivity contribution in [3.63, 3.8) is 0 Å². The molecule has 78 valence electrons. The van der Waals surface area contributed by atoms with Crippen molar-refractivity contribution >= 4 is 10.7 Å². The largest absolute Gasteiger partial charge is 0.228 e. The summed E-state index contributed by atoms with van der Waals surface area (Å²) in [6.45, 7) is 6.52. The molecule has 0 fully saturated rings. The predicted octanol–water partition coefficient (Wildman–Crippen LogP) is 3.47. The maximum absolute atomic E-state index is 4.64. The summed E-state index contributed by atoms with van der Waals surface area (Å²) >= 11 is 0. The highest BCUT2D eigenvalue weighted by atomic mass is 32.2. The molecule has 0 bridgehead atoms. The third-order valence-corrected chi connectivity index (χ3v) is 2.89. The van der Waals surface area contributed by atoms with Crippen LogP contribution in [0.2, 0.25) is 0 Å². The van der Waals surface area contributed by atoms with Crippen LogP contribution in [-0.2, 0) is 10.7 Å². The molecule has 1 unspecified atom stereocenters. The predicted molar refractivity (Wildman–Crippen MR) is 66.4 cm³/mol. The molecule has 0 N–H and O–H groups in total. The highest BCUT2D eigenvalue weighted by Gasteiger charge is 2.06. The van der Waals surface area contributed by atoms with E-state index in [-0.39, 0.29) is 10.7 Å². The van der Waals surface area contributed by atoms with E-state index < -0.39 is 0 Å². The van der Waals surface area contributed by atoms with Crippen molar-refractivity contribution in [1.82, 2.24) is 0 Å². The molecule has 0 radical (unpaired) electrons. The van der Waals surface area contributed by atoms with Crippen molar-refractivity contribution in [2.45, 2.75) is 20.8 Å². The molecule has 0 spiro atoms. The molecule has 14 heavy (non-hydrogen) atoms. The molecule has 0 saturated heterocycles. The van der Waals surface area contributed by atoms with Crippen LogP contribution in [-0.4, -0.2) is 12.5 Å². The zero-order valence-corrected chi connectivity index (χ0v) is 10.5. The highest BCUT2D eigenvalue weighted by molar-refractivity contribution is 7.85. The standard InChI is InChI=1S/C12H19NS/c1-9-6-7-12(13-14(4)5)11(3)10(2)8-9/h6-9H,1-5H3. The molecule has 0 amide bonds. The molecule has 0 aromatic heterocycles. The van der Waals surface area contributed by atoms with Gasteiger partial charge in [0.1, 0.15) is 0 Å². The maximum atomic E-state index is 4.64. The van der Waals surface area contributed by atoms with Gasteiger partial charge in [-0.3, -0.25) is 0 Å². The van der Waals surface area contributed by atoms with Crippen LogP contribution in [0.1, 0.15) is 20.8 Å². The van der Waals surface area contributed by atoms with Gasteiger partial charge in [-0.25, -0.2) is 4.36 Å². The van der Waals surface area contributed by atoms with Gasteiger partial charge in [0.2, 0.25) is 0 Å². The Morgan fingerprint density at radius 2 is 1.93 bits per heavy atom. The minimum atomic E-state index is 0.121. The van der Waals surface area contributed by atoms with Crippen LogP contribution in [0.4, 0.5) is 0 Å². The average molecular weight is 209 g/mol. The van der Waals surface area contributed by atoms with E-state index in [0.717, 1.165) is 5.70 Å². The van der Waals surface area contributed by atoms with E-state index in [1.807, 2.05) is 0 Å². The first-order valence-corrected chi connectivity index (χ1v) is 6.88. The van der Waals surface area contributed by atoms with Crippen LogP contribution in [0.3, 0.4) is 0 Å². The van der Waals surface area contributed by atoms with Crippen molar-refractivity contribution in [2.75, 3.05) is 12.5 Å². The lowest BCUT2D eigenvalue weighted by Crippen LogP contribution is -1.87. The van der Waals surface area contributed by atoms with Gasteiger partial charge in [-0.1, -0.05) is 19.1 Å². The Hall–Kier alpha value is -0.630. The molecule has 2 heteroatoms. The SMILES string of the molecule is CC1=CC(C)C=CC(N=S(C)C)=C1C. The van der Waals surface area contributed by atoms with Gasteiger partial charge in [-0.2, -0.15) is 0 Å². The van der Waals surface area contributed by atoms with Crippen LogP contribution < -0.4 is 0 Å². The smallest absolute Gasteiger partial charge is 0.0731 e. The molecule has 1 aliphatic carbocycles. The summed E-state index contributed by atoms with van der Waals surface area (Å²) < 4.78 is 4.64. The summed E-state index contributed by atoms with van der Waals surface area (Å²) in [5.41, 5.74) is 3.81.